The van der Waals surface area contributed by atoms with Gasteiger partial charge in [0.05, 0.1) is 0 Å². The van der Waals surface area contributed by atoms with E-state index in [0.717, 1.165) is 17.1 Å². The Bertz CT molecular complexity index is 529. The minimum atomic E-state index is 0.772. The van der Waals surface area contributed by atoms with Crippen LogP contribution in [-0.4, -0.2) is 0 Å². The molecule has 2 aromatic carbocycles. The smallest absolute Gasteiger partial charge is 0.0406 e. The van der Waals surface area contributed by atoms with E-state index >= 15 is 0 Å². The number of nitrogen functional groups attached to an aromatic ring is 1. The van der Waals surface area contributed by atoms with Crippen LogP contribution in [0, 0.1) is 13.8 Å². The third-order valence-corrected chi connectivity index (χ3v) is 3.26. The molecule has 2 rings (SSSR count). The van der Waals surface area contributed by atoms with Crippen molar-refractivity contribution < 1.29 is 0 Å². The van der Waals surface area contributed by atoms with E-state index in [1.54, 1.807) is 0 Å². The molecule has 0 heterocycles. The third-order valence-electron chi connectivity index (χ3n) is 3.01. The molecule has 0 bridgehead atoms. The molecule has 0 fully saturated rings. The van der Waals surface area contributed by atoms with Crippen LogP contribution in [0.2, 0.25) is 5.02 Å². The fourth-order valence-electron chi connectivity index (χ4n) is 1.97. The standard InChI is InChI=1S/C15H16ClN/c1-10-7-13(11(2)15(17)8-10)9-12-3-5-14(16)6-4-12/h3-8H,9,17H2,1-2H3. The highest BCUT2D eigenvalue weighted by atomic mass is 35.5. The largest absolute Gasteiger partial charge is 0.398 e. The maximum absolute atomic E-state index is 5.98. The normalized spacial score (nSPS) is 10.5. The average molecular weight is 246 g/mol. The Morgan fingerprint density at radius 3 is 2.35 bits per heavy atom. The Morgan fingerprint density at radius 2 is 1.71 bits per heavy atom. The van der Waals surface area contributed by atoms with Crippen LogP contribution in [0.1, 0.15) is 22.3 Å². The number of benzene rings is 2. The molecule has 17 heavy (non-hydrogen) atoms. The second-order valence-corrected chi connectivity index (χ2v) is 4.88. The SMILES string of the molecule is Cc1cc(N)c(C)c(Cc2ccc(Cl)cc2)c1. The van der Waals surface area contributed by atoms with E-state index in [-0.39, 0.29) is 0 Å². The van der Waals surface area contributed by atoms with Gasteiger partial charge in [-0.2, -0.15) is 0 Å². The summed E-state index contributed by atoms with van der Waals surface area (Å²) in [6.45, 7) is 4.14. The van der Waals surface area contributed by atoms with Crippen molar-refractivity contribution in [2.24, 2.45) is 0 Å². The number of aryl methyl sites for hydroxylation is 1. The van der Waals surface area contributed by atoms with Crippen LogP contribution in [-0.2, 0) is 6.42 Å². The van der Waals surface area contributed by atoms with E-state index < -0.39 is 0 Å². The van der Waals surface area contributed by atoms with Gasteiger partial charge in [-0.3, -0.25) is 0 Å². The summed E-state index contributed by atoms with van der Waals surface area (Å²) < 4.78 is 0. The second kappa shape index (κ2) is 4.80. The summed E-state index contributed by atoms with van der Waals surface area (Å²) in [4.78, 5) is 0. The highest BCUT2D eigenvalue weighted by Gasteiger charge is 2.04. The zero-order chi connectivity index (χ0) is 12.4. The van der Waals surface area contributed by atoms with E-state index in [4.69, 9.17) is 17.3 Å². The fraction of sp³-hybridized carbons (Fsp3) is 0.200. The van der Waals surface area contributed by atoms with Gasteiger partial charge >= 0.3 is 0 Å². The van der Waals surface area contributed by atoms with E-state index in [2.05, 4.69) is 32.0 Å². The summed E-state index contributed by atoms with van der Waals surface area (Å²) in [5.41, 5.74) is 11.8. The minimum absolute atomic E-state index is 0.772. The van der Waals surface area contributed by atoms with Gasteiger partial charge in [0.15, 0.2) is 0 Å². The summed E-state index contributed by atoms with van der Waals surface area (Å²) in [5, 5.41) is 0.772. The Labute approximate surface area is 107 Å². The van der Waals surface area contributed by atoms with Gasteiger partial charge in [0.25, 0.3) is 0 Å². The van der Waals surface area contributed by atoms with Gasteiger partial charge in [0, 0.05) is 10.7 Å². The summed E-state index contributed by atoms with van der Waals surface area (Å²) in [6, 6.07) is 12.2. The molecule has 0 amide bonds. The highest BCUT2D eigenvalue weighted by molar-refractivity contribution is 6.30. The zero-order valence-corrected chi connectivity index (χ0v) is 10.9. The number of nitrogens with two attached hydrogens (primary N) is 1. The van der Waals surface area contributed by atoms with Crippen molar-refractivity contribution in [2.75, 3.05) is 5.73 Å². The molecule has 0 aliphatic rings. The molecule has 2 N–H and O–H groups in total. The predicted octanol–water partition coefficient (Wildman–Crippen LogP) is 4.13. The van der Waals surface area contributed by atoms with Gasteiger partial charge in [-0.05, 0) is 60.7 Å². The molecule has 2 heteroatoms. The number of halogens is 1. The van der Waals surface area contributed by atoms with Crippen LogP contribution in [0.25, 0.3) is 0 Å². The fourth-order valence-corrected chi connectivity index (χ4v) is 2.10. The summed E-state index contributed by atoms with van der Waals surface area (Å²) in [5.74, 6) is 0. The first kappa shape index (κ1) is 12.0. The molecule has 2 aromatic rings. The van der Waals surface area contributed by atoms with Crippen LogP contribution < -0.4 is 5.73 Å². The van der Waals surface area contributed by atoms with E-state index in [1.165, 1.54) is 22.3 Å². The van der Waals surface area contributed by atoms with Gasteiger partial charge < -0.3 is 5.73 Å². The summed E-state index contributed by atoms with van der Waals surface area (Å²) in [7, 11) is 0. The molecule has 0 saturated carbocycles. The molecule has 0 spiro atoms. The Morgan fingerprint density at radius 1 is 1.06 bits per heavy atom. The van der Waals surface area contributed by atoms with Crippen LogP contribution >= 0.6 is 11.6 Å². The number of rotatable bonds is 2. The molecule has 0 aliphatic heterocycles. The number of hydrogen-bond acceptors (Lipinski definition) is 1. The maximum atomic E-state index is 5.98. The molecule has 0 aliphatic carbocycles. The van der Waals surface area contributed by atoms with Crippen LogP contribution in [0.3, 0.4) is 0 Å². The van der Waals surface area contributed by atoms with Crippen LogP contribution in [0.5, 0.6) is 0 Å². The first-order valence-corrected chi connectivity index (χ1v) is 6.04. The Hall–Kier alpha value is -1.47. The molecule has 0 atom stereocenters. The molecule has 0 saturated heterocycles. The van der Waals surface area contributed by atoms with Gasteiger partial charge in [0.1, 0.15) is 0 Å². The average Bonchev–Trinajstić information content (AvgIpc) is 2.28. The monoisotopic (exact) mass is 245 g/mol. The van der Waals surface area contributed by atoms with Crippen molar-refractivity contribution in [3.05, 3.63) is 63.7 Å². The maximum Gasteiger partial charge on any atom is 0.0406 e. The van der Waals surface area contributed by atoms with Crippen LogP contribution in [0.4, 0.5) is 5.69 Å². The van der Waals surface area contributed by atoms with Crippen molar-refractivity contribution in [2.45, 2.75) is 20.3 Å². The molecule has 1 nitrogen and oxygen atoms in total. The van der Waals surface area contributed by atoms with Gasteiger partial charge in [-0.1, -0.05) is 29.8 Å². The predicted molar refractivity (Wildman–Crippen MR) is 74.6 cm³/mol. The molecular weight excluding hydrogens is 230 g/mol. The van der Waals surface area contributed by atoms with Crippen molar-refractivity contribution in [3.8, 4) is 0 Å². The van der Waals surface area contributed by atoms with Crippen LogP contribution in [0.15, 0.2) is 36.4 Å². The third kappa shape index (κ3) is 2.80. The number of hydrogen-bond donors (Lipinski definition) is 1. The molecule has 0 aromatic heterocycles. The Balaban J connectivity index is 2.32. The van der Waals surface area contributed by atoms with Crippen molar-refractivity contribution >= 4 is 17.3 Å². The second-order valence-electron chi connectivity index (χ2n) is 4.44. The van der Waals surface area contributed by atoms with Crippen molar-refractivity contribution in [1.82, 2.24) is 0 Å². The summed E-state index contributed by atoms with van der Waals surface area (Å²) >= 11 is 5.88. The van der Waals surface area contributed by atoms with Gasteiger partial charge in [-0.25, -0.2) is 0 Å². The lowest BCUT2D eigenvalue weighted by molar-refractivity contribution is 1.15. The summed E-state index contributed by atoms with van der Waals surface area (Å²) in [6.07, 6.45) is 0.898. The lowest BCUT2D eigenvalue weighted by Crippen LogP contribution is -1.98. The minimum Gasteiger partial charge on any atom is -0.398 e. The quantitative estimate of drug-likeness (QED) is 0.791. The first-order valence-electron chi connectivity index (χ1n) is 5.66. The number of anilines is 1. The first-order chi connectivity index (χ1) is 8.06. The van der Waals surface area contributed by atoms with E-state index in [9.17, 15) is 0 Å². The molecular formula is C15H16ClN. The van der Waals surface area contributed by atoms with Crippen molar-refractivity contribution in [1.29, 1.82) is 0 Å². The molecule has 0 radical (unpaired) electrons. The lowest BCUT2D eigenvalue weighted by atomic mass is 9.97. The molecule has 88 valence electrons. The van der Waals surface area contributed by atoms with E-state index in [1.807, 2.05) is 18.2 Å². The molecule has 0 unspecified atom stereocenters. The zero-order valence-electron chi connectivity index (χ0n) is 10.1. The topological polar surface area (TPSA) is 26.0 Å². The van der Waals surface area contributed by atoms with E-state index in [0.29, 0.717) is 0 Å². The van der Waals surface area contributed by atoms with Gasteiger partial charge in [-0.15, -0.1) is 0 Å². The Kier molecular flexibility index (Phi) is 3.39. The van der Waals surface area contributed by atoms with Gasteiger partial charge in [0.2, 0.25) is 0 Å². The van der Waals surface area contributed by atoms with Crippen molar-refractivity contribution in [3.63, 3.8) is 0 Å². The lowest BCUT2D eigenvalue weighted by Gasteiger charge is -2.10. The highest BCUT2D eigenvalue weighted by Crippen LogP contribution is 2.22.